The Labute approximate surface area is 121 Å². The monoisotopic (exact) mass is 306 g/mol. The maximum Gasteiger partial charge on any atom is 0.164 e. The molecule has 1 saturated carbocycles. The Morgan fingerprint density at radius 2 is 2.05 bits per heavy atom. The van der Waals surface area contributed by atoms with Crippen molar-refractivity contribution < 1.29 is 8.42 Å². The molecule has 6 heteroatoms. The first-order valence-corrected chi connectivity index (χ1v) is 10.3. The van der Waals surface area contributed by atoms with Crippen molar-refractivity contribution in [3.8, 4) is 0 Å². The lowest BCUT2D eigenvalue weighted by Crippen LogP contribution is -2.56. The van der Waals surface area contributed by atoms with Crippen LogP contribution in [0.5, 0.6) is 0 Å². The molecule has 1 aliphatic heterocycles. The quantitative estimate of drug-likeness (QED) is 0.799. The molecule has 2 fully saturated rings. The second kappa shape index (κ2) is 6.33. The summed E-state index contributed by atoms with van der Waals surface area (Å²) in [7, 11) is -3.00. The van der Waals surface area contributed by atoms with Gasteiger partial charge in [-0.25, -0.2) is 8.42 Å². The van der Waals surface area contributed by atoms with Gasteiger partial charge in [0.15, 0.2) is 9.84 Å². The molecule has 112 valence electrons. The molecule has 0 aromatic rings. The van der Waals surface area contributed by atoms with E-state index in [1.54, 1.807) is 11.8 Å². The Kier molecular flexibility index (Phi) is 5.20. The van der Waals surface area contributed by atoms with Gasteiger partial charge in [0, 0.05) is 42.9 Å². The lowest BCUT2D eigenvalue weighted by molar-refractivity contribution is 0.147. The van der Waals surface area contributed by atoms with Gasteiger partial charge < -0.3 is 5.32 Å². The molecule has 4 nitrogen and oxygen atoms in total. The minimum absolute atomic E-state index is 0.306. The smallest absolute Gasteiger partial charge is 0.164 e. The highest BCUT2D eigenvalue weighted by Crippen LogP contribution is 2.26. The van der Waals surface area contributed by atoms with Crippen LogP contribution in [0.2, 0.25) is 0 Å². The van der Waals surface area contributed by atoms with E-state index < -0.39 is 9.84 Å². The van der Waals surface area contributed by atoms with E-state index in [-0.39, 0.29) is 5.37 Å². The Bertz CT molecular complexity index is 393. The normalized spacial score (nSPS) is 27.7. The molecule has 1 aliphatic carbocycles. The van der Waals surface area contributed by atoms with Crippen LogP contribution in [0.15, 0.2) is 0 Å². The van der Waals surface area contributed by atoms with Gasteiger partial charge in [-0.3, -0.25) is 4.90 Å². The van der Waals surface area contributed by atoms with Crippen LogP contribution in [-0.2, 0) is 9.84 Å². The first-order chi connectivity index (χ1) is 8.89. The second-order valence-electron chi connectivity index (χ2n) is 6.09. The first kappa shape index (κ1) is 15.6. The first-order valence-electron chi connectivity index (χ1n) is 7.15. The lowest BCUT2D eigenvalue weighted by Gasteiger charge is -2.41. The number of rotatable bonds is 6. The average molecular weight is 306 g/mol. The summed E-state index contributed by atoms with van der Waals surface area (Å²) < 4.78 is 24.0. The minimum Gasteiger partial charge on any atom is -0.312 e. The summed E-state index contributed by atoms with van der Waals surface area (Å²) in [6, 6.07) is 0.998. The molecule has 0 radical (unpaired) electrons. The van der Waals surface area contributed by atoms with Crippen LogP contribution in [-0.4, -0.2) is 61.6 Å². The van der Waals surface area contributed by atoms with E-state index in [2.05, 4.69) is 24.1 Å². The fourth-order valence-corrected chi connectivity index (χ4v) is 5.58. The van der Waals surface area contributed by atoms with Crippen LogP contribution >= 0.6 is 11.8 Å². The van der Waals surface area contributed by atoms with Crippen LogP contribution in [0, 0.1) is 5.92 Å². The van der Waals surface area contributed by atoms with E-state index in [1.807, 2.05) is 0 Å². The highest BCUT2D eigenvalue weighted by molar-refractivity contribution is 8.00. The van der Waals surface area contributed by atoms with Gasteiger partial charge in [0.1, 0.15) is 5.37 Å². The molecule has 19 heavy (non-hydrogen) atoms. The molecule has 1 saturated heterocycles. The van der Waals surface area contributed by atoms with E-state index in [0.717, 1.165) is 18.8 Å². The van der Waals surface area contributed by atoms with Gasteiger partial charge in [0.05, 0.1) is 0 Å². The molecule has 0 amide bonds. The SMILES string of the molecule is CC(C)C(CNC1CC1)N1CCSCC1S(C)(=O)=O. The average Bonchev–Trinajstić information content (AvgIpc) is 3.12. The number of nitrogens with zero attached hydrogens (tertiary/aromatic N) is 1. The Balaban J connectivity index is 2.07. The van der Waals surface area contributed by atoms with E-state index in [1.165, 1.54) is 19.1 Å². The molecular weight excluding hydrogens is 280 g/mol. The van der Waals surface area contributed by atoms with E-state index in [9.17, 15) is 8.42 Å². The van der Waals surface area contributed by atoms with Gasteiger partial charge in [-0.05, 0) is 18.8 Å². The predicted molar refractivity (Wildman–Crippen MR) is 82.3 cm³/mol. The third-order valence-corrected chi connectivity index (χ3v) is 6.67. The Morgan fingerprint density at radius 1 is 1.37 bits per heavy atom. The van der Waals surface area contributed by atoms with E-state index in [0.29, 0.717) is 23.8 Å². The molecule has 0 aromatic heterocycles. The Hall–Kier alpha value is 0.220. The van der Waals surface area contributed by atoms with Crippen LogP contribution < -0.4 is 5.32 Å². The highest BCUT2D eigenvalue weighted by atomic mass is 32.2. The van der Waals surface area contributed by atoms with Crippen molar-refractivity contribution in [3.05, 3.63) is 0 Å². The summed E-state index contributed by atoms with van der Waals surface area (Å²) >= 11 is 1.76. The zero-order chi connectivity index (χ0) is 14.0. The van der Waals surface area contributed by atoms with Crippen molar-refractivity contribution in [1.82, 2.24) is 10.2 Å². The van der Waals surface area contributed by atoms with Crippen molar-refractivity contribution in [2.24, 2.45) is 5.92 Å². The lowest BCUT2D eigenvalue weighted by atomic mass is 10.0. The number of nitrogens with one attached hydrogen (secondary N) is 1. The topological polar surface area (TPSA) is 49.4 Å². The molecule has 2 aliphatic rings. The third-order valence-electron chi connectivity index (χ3n) is 4.01. The van der Waals surface area contributed by atoms with E-state index in [4.69, 9.17) is 0 Å². The molecule has 0 aromatic carbocycles. The molecule has 2 atom stereocenters. The number of hydrogen-bond donors (Lipinski definition) is 1. The van der Waals surface area contributed by atoms with Gasteiger partial charge in [0.25, 0.3) is 0 Å². The van der Waals surface area contributed by atoms with Crippen molar-refractivity contribution in [2.45, 2.75) is 44.1 Å². The molecular formula is C13H26N2O2S2. The fourth-order valence-electron chi connectivity index (χ4n) is 2.65. The van der Waals surface area contributed by atoms with Crippen LogP contribution in [0.25, 0.3) is 0 Å². The molecule has 0 spiro atoms. The van der Waals surface area contributed by atoms with Gasteiger partial charge in [-0.2, -0.15) is 11.8 Å². The maximum absolute atomic E-state index is 12.0. The second-order valence-corrected chi connectivity index (χ2v) is 9.44. The number of sulfone groups is 1. The predicted octanol–water partition coefficient (Wildman–Crippen LogP) is 1.18. The zero-order valence-electron chi connectivity index (χ0n) is 12.1. The molecule has 1 heterocycles. The fraction of sp³-hybridized carbons (Fsp3) is 1.00. The summed E-state index contributed by atoms with van der Waals surface area (Å²) in [4.78, 5) is 2.23. The van der Waals surface area contributed by atoms with Crippen molar-refractivity contribution in [3.63, 3.8) is 0 Å². The van der Waals surface area contributed by atoms with Crippen molar-refractivity contribution in [2.75, 3.05) is 30.9 Å². The maximum atomic E-state index is 12.0. The largest absolute Gasteiger partial charge is 0.312 e. The summed E-state index contributed by atoms with van der Waals surface area (Å²) in [6.45, 7) is 6.19. The molecule has 1 N–H and O–H groups in total. The van der Waals surface area contributed by atoms with Crippen LogP contribution in [0.1, 0.15) is 26.7 Å². The minimum atomic E-state index is -3.00. The van der Waals surface area contributed by atoms with Gasteiger partial charge in [-0.15, -0.1) is 0 Å². The van der Waals surface area contributed by atoms with Crippen molar-refractivity contribution in [1.29, 1.82) is 0 Å². The standard InChI is InChI=1S/C13H26N2O2S2/c1-10(2)12(8-14-11-4-5-11)15-6-7-18-9-13(15)19(3,16)17/h10-14H,4-9H2,1-3H3. The number of hydrogen-bond acceptors (Lipinski definition) is 5. The number of thioether (sulfide) groups is 1. The van der Waals surface area contributed by atoms with Gasteiger partial charge >= 0.3 is 0 Å². The summed E-state index contributed by atoms with van der Waals surface area (Å²) in [5, 5.41) is 3.26. The highest BCUT2D eigenvalue weighted by Gasteiger charge is 2.37. The van der Waals surface area contributed by atoms with Crippen LogP contribution in [0.4, 0.5) is 0 Å². The Morgan fingerprint density at radius 3 is 2.58 bits per heavy atom. The molecule has 2 unspecified atom stereocenters. The third kappa shape index (κ3) is 4.34. The van der Waals surface area contributed by atoms with Gasteiger partial charge in [-0.1, -0.05) is 13.8 Å². The summed E-state index contributed by atoms with van der Waals surface area (Å²) in [5.74, 6) is 2.23. The van der Waals surface area contributed by atoms with E-state index >= 15 is 0 Å². The molecule has 0 bridgehead atoms. The van der Waals surface area contributed by atoms with Crippen molar-refractivity contribution >= 4 is 21.6 Å². The zero-order valence-corrected chi connectivity index (χ0v) is 13.8. The summed E-state index contributed by atoms with van der Waals surface area (Å²) in [6.07, 6.45) is 3.93. The summed E-state index contributed by atoms with van der Waals surface area (Å²) in [5.41, 5.74) is 0. The van der Waals surface area contributed by atoms with Gasteiger partial charge in [0.2, 0.25) is 0 Å². The van der Waals surface area contributed by atoms with Crippen LogP contribution in [0.3, 0.4) is 0 Å². The molecule has 2 rings (SSSR count).